The van der Waals surface area contributed by atoms with Crippen LogP contribution in [-0.4, -0.2) is 31.0 Å². The topological polar surface area (TPSA) is 18.8 Å². The predicted octanol–water partition coefficient (Wildman–Crippen LogP) is 3.39. The van der Waals surface area contributed by atoms with Gasteiger partial charge in [0.25, 0.3) is 0 Å². The van der Waals surface area contributed by atoms with Crippen molar-refractivity contribution in [1.29, 1.82) is 0 Å². The highest BCUT2D eigenvalue weighted by atomic mass is 127. The number of hydrogen-bond acceptors (Lipinski definition) is 3. The monoisotopic (exact) mass is 369 g/mol. The fourth-order valence-electron chi connectivity index (χ4n) is 1.18. The molecule has 1 heterocycles. The van der Waals surface area contributed by atoms with Gasteiger partial charge in [0.05, 0.1) is 22.9 Å². The van der Waals surface area contributed by atoms with Crippen LogP contribution in [0.2, 0.25) is 0 Å². The normalized spacial score (nSPS) is 22.2. The van der Waals surface area contributed by atoms with Crippen molar-refractivity contribution < 1.29 is 0 Å². The molecule has 1 atom stereocenters. The molecule has 0 aromatic carbocycles. The van der Waals surface area contributed by atoms with Crippen LogP contribution in [0.3, 0.4) is 0 Å². The highest BCUT2D eigenvalue weighted by Crippen LogP contribution is 2.38. The Labute approximate surface area is 113 Å². The average molecular weight is 370 g/mol. The van der Waals surface area contributed by atoms with Gasteiger partial charge in [-0.3, -0.25) is 8.12 Å². The Hall–Kier alpha value is 0.870. The Bertz CT molecular complexity index is 219. The van der Waals surface area contributed by atoms with E-state index in [-0.39, 0.29) is 6.17 Å². The first kappa shape index (κ1) is 12.9. The van der Waals surface area contributed by atoms with Crippen molar-refractivity contribution in [3.63, 3.8) is 0 Å². The smallest absolute Gasteiger partial charge is 0.230 e. The number of nitrogens with zero attached hydrogens (tertiary/aromatic N) is 3. The molecule has 0 saturated heterocycles. The maximum Gasteiger partial charge on any atom is 0.230 e. The summed E-state index contributed by atoms with van der Waals surface area (Å²) in [6.07, 6.45) is 3.50. The molecule has 0 bridgehead atoms. The third-order valence-electron chi connectivity index (χ3n) is 1.86. The van der Waals surface area contributed by atoms with E-state index < -0.39 is 3.79 Å². The van der Waals surface area contributed by atoms with Crippen LogP contribution in [0.15, 0.2) is 5.10 Å². The molecule has 1 aliphatic heterocycles. The molecule has 0 spiro atoms. The van der Waals surface area contributed by atoms with Gasteiger partial charge in [0.15, 0.2) is 6.17 Å². The summed E-state index contributed by atoms with van der Waals surface area (Å²) in [6, 6.07) is 0. The molecule has 1 aliphatic rings. The van der Waals surface area contributed by atoms with Crippen LogP contribution in [-0.2, 0) is 0 Å². The lowest BCUT2D eigenvalue weighted by Crippen LogP contribution is -2.45. The minimum absolute atomic E-state index is 0.306. The first-order valence-electron chi connectivity index (χ1n) is 4.28. The number of hydrogen-bond donors (Lipinski definition) is 0. The minimum Gasteiger partial charge on any atom is -0.276 e. The van der Waals surface area contributed by atoms with Crippen molar-refractivity contribution in [2.24, 2.45) is 5.10 Å². The molecule has 0 aromatic heterocycles. The van der Waals surface area contributed by atoms with Crippen molar-refractivity contribution in [2.45, 2.75) is 29.7 Å². The number of alkyl halides is 3. The molecular weight excluding hydrogens is 359 g/mol. The highest BCUT2D eigenvalue weighted by molar-refractivity contribution is 14.1. The Kier molecular flexibility index (Phi) is 4.87. The molecular formula is C7H11Cl3IN3. The molecule has 14 heavy (non-hydrogen) atoms. The number of unbranched alkanes of at least 4 members (excludes halogenated alkanes) is 1. The first-order chi connectivity index (χ1) is 6.46. The van der Waals surface area contributed by atoms with E-state index in [2.05, 4.69) is 34.9 Å². The molecule has 1 rings (SSSR count). The fourth-order valence-corrected chi connectivity index (χ4v) is 3.14. The van der Waals surface area contributed by atoms with Crippen LogP contribution in [0.25, 0.3) is 0 Å². The third-order valence-corrected chi connectivity index (χ3v) is 3.22. The van der Waals surface area contributed by atoms with E-state index in [1.807, 2.05) is 5.01 Å². The first-order valence-corrected chi connectivity index (χ1v) is 6.38. The maximum absolute atomic E-state index is 5.87. The van der Waals surface area contributed by atoms with E-state index >= 15 is 0 Å². The van der Waals surface area contributed by atoms with Gasteiger partial charge in [-0.25, -0.2) is 0 Å². The van der Waals surface area contributed by atoms with Crippen LogP contribution >= 0.6 is 57.7 Å². The summed E-state index contributed by atoms with van der Waals surface area (Å²) in [5.41, 5.74) is 0. The minimum atomic E-state index is -1.34. The van der Waals surface area contributed by atoms with Crippen LogP contribution < -0.4 is 0 Å². The molecule has 0 amide bonds. The summed E-state index contributed by atoms with van der Waals surface area (Å²) in [5, 5.41) is 5.98. The zero-order valence-corrected chi connectivity index (χ0v) is 12.1. The zero-order valence-electron chi connectivity index (χ0n) is 7.63. The lowest BCUT2D eigenvalue weighted by Gasteiger charge is -2.31. The second-order valence-electron chi connectivity index (χ2n) is 3.01. The van der Waals surface area contributed by atoms with E-state index in [0.29, 0.717) is 0 Å². The summed E-state index contributed by atoms with van der Waals surface area (Å²) in [5.74, 6) is 0. The van der Waals surface area contributed by atoms with Crippen LogP contribution in [0.4, 0.5) is 0 Å². The number of rotatable bonds is 3. The average Bonchev–Trinajstić information content (AvgIpc) is 2.42. The van der Waals surface area contributed by atoms with Gasteiger partial charge in [0.1, 0.15) is 6.34 Å². The maximum atomic E-state index is 5.87. The highest BCUT2D eigenvalue weighted by Gasteiger charge is 2.42. The van der Waals surface area contributed by atoms with E-state index in [0.717, 1.165) is 19.4 Å². The van der Waals surface area contributed by atoms with Crippen molar-refractivity contribution in [3.05, 3.63) is 0 Å². The summed E-state index contributed by atoms with van der Waals surface area (Å²) < 4.78 is 0.436. The largest absolute Gasteiger partial charge is 0.276 e. The molecule has 0 aliphatic carbocycles. The van der Waals surface area contributed by atoms with E-state index in [4.69, 9.17) is 34.8 Å². The predicted molar refractivity (Wildman–Crippen MR) is 70.0 cm³/mol. The van der Waals surface area contributed by atoms with E-state index in [1.165, 1.54) is 0 Å². The number of hydrazone groups is 1. The quantitative estimate of drug-likeness (QED) is 0.431. The summed E-state index contributed by atoms with van der Waals surface area (Å²) in [6.45, 7) is 2.93. The SMILES string of the molecule is CCCCN1N=CN(I)C1C(Cl)(Cl)Cl. The van der Waals surface area contributed by atoms with Gasteiger partial charge in [0, 0.05) is 6.54 Å². The fraction of sp³-hybridized carbons (Fsp3) is 0.857. The molecule has 82 valence electrons. The van der Waals surface area contributed by atoms with Crippen molar-refractivity contribution in [2.75, 3.05) is 6.54 Å². The van der Waals surface area contributed by atoms with Gasteiger partial charge >= 0.3 is 0 Å². The Morgan fingerprint density at radius 3 is 2.64 bits per heavy atom. The molecule has 3 nitrogen and oxygen atoms in total. The molecule has 0 N–H and O–H groups in total. The van der Waals surface area contributed by atoms with Crippen molar-refractivity contribution in [1.82, 2.24) is 8.12 Å². The van der Waals surface area contributed by atoms with Gasteiger partial charge in [-0.05, 0) is 6.42 Å². The Morgan fingerprint density at radius 1 is 1.50 bits per heavy atom. The van der Waals surface area contributed by atoms with Crippen molar-refractivity contribution in [3.8, 4) is 0 Å². The number of halogens is 4. The Morgan fingerprint density at radius 2 is 2.14 bits per heavy atom. The van der Waals surface area contributed by atoms with Crippen molar-refractivity contribution >= 4 is 64.0 Å². The molecule has 0 saturated carbocycles. The second-order valence-corrected chi connectivity index (χ2v) is 6.49. The van der Waals surface area contributed by atoms with Gasteiger partial charge in [0.2, 0.25) is 3.79 Å². The Balaban J connectivity index is 2.62. The molecule has 1 unspecified atom stereocenters. The molecule has 0 radical (unpaired) electrons. The third kappa shape index (κ3) is 3.18. The summed E-state index contributed by atoms with van der Waals surface area (Å²) >= 11 is 19.7. The lowest BCUT2D eigenvalue weighted by molar-refractivity contribution is 0.186. The lowest BCUT2D eigenvalue weighted by atomic mass is 10.3. The summed E-state index contributed by atoms with van der Waals surface area (Å²) in [4.78, 5) is 0. The zero-order chi connectivity index (χ0) is 10.8. The molecule has 7 heteroatoms. The standard InChI is InChI=1S/C7H11Cl3IN3/c1-2-3-4-14-6(7(8,9)10)13(11)5-12-14/h5-6H,2-4H2,1H3. The van der Waals surface area contributed by atoms with Crippen LogP contribution in [0.1, 0.15) is 19.8 Å². The van der Waals surface area contributed by atoms with E-state index in [1.54, 1.807) is 9.45 Å². The van der Waals surface area contributed by atoms with Gasteiger partial charge in [-0.2, -0.15) is 5.10 Å². The molecule has 0 aromatic rings. The van der Waals surface area contributed by atoms with Gasteiger partial charge < -0.3 is 0 Å². The van der Waals surface area contributed by atoms with Crippen LogP contribution in [0, 0.1) is 0 Å². The van der Waals surface area contributed by atoms with E-state index in [9.17, 15) is 0 Å². The second kappa shape index (κ2) is 5.27. The summed E-state index contributed by atoms with van der Waals surface area (Å²) in [7, 11) is 0. The van der Waals surface area contributed by atoms with Crippen LogP contribution in [0.5, 0.6) is 0 Å². The van der Waals surface area contributed by atoms with Gasteiger partial charge in [-0.1, -0.05) is 48.1 Å². The van der Waals surface area contributed by atoms with Gasteiger partial charge in [-0.15, -0.1) is 0 Å². The molecule has 0 fully saturated rings.